The number of rotatable bonds is 3. The molecule has 0 bridgehead atoms. The highest BCUT2D eigenvalue weighted by atomic mass is 16.5. The number of nitrogens with zero attached hydrogens (tertiary/aromatic N) is 3. The summed E-state index contributed by atoms with van der Waals surface area (Å²) in [5.41, 5.74) is 8.32. The van der Waals surface area contributed by atoms with E-state index in [1.165, 1.54) is 19.3 Å². The molecule has 0 radical (unpaired) electrons. The molecule has 0 amide bonds. The Morgan fingerprint density at radius 2 is 2.03 bits per heavy atom. The molecule has 158 valence electrons. The minimum absolute atomic E-state index is 0.0365. The minimum Gasteiger partial charge on any atom is -0.461 e. The molecule has 8 heteroatoms. The molecule has 3 aliphatic rings. The molecule has 0 atom stereocenters. The summed E-state index contributed by atoms with van der Waals surface area (Å²) in [6.07, 6.45) is 5.75. The number of amidine groups is 1. The molecule has 4 rings (SSSR count). The van der Waals surface area contributed by atoms with Crippen LogP contribution in [-0.2, 0) is 9.53 Å². The zero-order chi connectivity index (χ0) is 20.9. The number of hydrogen-bond donors (Lipinski definition) is 3. The van der Waals surface area contributed by atoms with Crippen LogP contribution in [0, 0.1) is 17.2 Å². The quantitative estimate of drug-likeness (QED) is 0.305. The van der Waals surface area contributed by atoms with Gasteiger partial charge >= 0.3 is 5.97 Å². The highest BCUT2D eigenvalue weighted by Gasteiger charge is 2.30. The zero-order valence-corrected chi connectivity index (χ0v) is 17.1. The molecule has 8 nitrogen and oxygen atoms in total. The maximum Gasteiger partial charge on any atom is 0.351 e. The summed E-state index contributed by atoms with van der Waals surface area (Å²) in [5.74, 6) is 0.380. The van der Waals surface area contributed by atoms with E-state index < -0.39 is 5.97 Å². The maximum atomic E-state index is 12.9. The van der Waals surface area contributed by atoms with E-state index in [0.29, 0.717) is 41.1 Å². The van der Waals surface area contributed by atoms with Crippen LogP contribution in [0.4, 0.5) is 17.1 Å². The Bertz CT molecular complexity index is 905. The lowest BCUT2D eigenvalue weighted by Crippen LogP contribution is -2.48. The van der Waals surface area contributed by atoms with Gasteiger partial charge in [0, 0.05) is 31.9 Å². The Morgan fingerprint density at radius 3 is 2.77 bits per heavy atom. The molecule has 1 aromatic rings. The number of nitrogens with two attached hydrogens (primary N) is 1. The number of fused-ring (bicyclic) bond motifs is 1. The number of ether oxygens (including phenoxy) is 1. The van der Waals surface area contributed by atoms with Crippen LogP contribution < -0.4 is 16.4 Å². The SMILES string of the molecule is N#C/C(C(=O)OCC1CCCCC1)=C1/Nc2ccc(N)cc2N=C1N1CCNCC1. The number of piperazine rings is 1. The van der Waals surface area contributed by atoms with E-state index in [-0.39, 0.29) is 5.57 Å². The van der Waals surface area contributed by atoms with Crippen molar-refractivity contribution < 1.29 is 9.53 Å². The lowest BCUT2D eigenvalue weighted by atomic mass is 9.90. The van der Waals surface area contributed by atoms with Gasteiger partial charge in [-0.1, -0.05) is 19.3 Å². The van der Waals surface area contributed by atoms with Gasteiger partial charge in [-0.15, -0.1) is 0 Å². The summed E-state index contributed by atoms with van der Waals surface area (Å²) in [7, 11) is 0. The summed E-state index contributed by atoms with van der Waals surface area (Å²) >= 11 is 0. The van der Waals surface area contributed by atoms with Crippen molar-refractivity contribution in [1.29, 1.82) is 5.26 Å². The van der Waals surface area contributed by atoms with Crippen molar-refractivity contribution >= 4 is 28.9 Å². The molecule has 0 aromatic heterocycles. The smallest absolute Gasteiger partial charge is 0.351 e. The first-order valence-corrected chi connectivity index (χ1v) is 10.7. The Kier molecular flexibility index (Phi) is 6.19. The van der Waals surface area contributed by atoms with Gasteiger partial charge in [0.2, 0.25) is 0 Å². The monoisotopic (exact) mass is 408 g/mol. The standard InChI is InChI=1S/C22H28N6O2/c23-13-17(22(29)30-14-15-4-2-1-3-5-15)20-21(28-10-8-25-9-11-28)27-19-12-16(24)6-7-18(19)26-20/h6-7,12,15,25-26H,1-5,8-11,14,24H2/b20-17-. The normalized spacial score (nSPS) is 21.0. The van der Waals surface area contributed by atoms with E-state index >= 15 is 0 Å². The van der Waals surface area contributed by atoms with Crippen LogP contribution in [-0.4, -0.2) is 49.5 Å². The van der Waals surface area contributed by atoms with E-state index in [0.717, 1.165) is 39.0 Å². The van der Waals surface area contributed by atoms with Gasteiger partial charge in [-0.05, 0) is 37.0 Å². The number of carbonyl (C=O) groups is 1. The third-order valence-electron chi connectivity index (χ3n) is 5.89. The second-order valence-corrected chi connectivity index (χ2v) is 8.04. The minimum atomic E-state index is -0.590. The summed E-state index contributed by atoms with van der Waals surface area (Å²) in [6.45, 7) is 3.45. The van der Waals surface area contributed by atoms with Crippen molar-refractivity contribution in [2.45, 2.75) is 32.1 Å². The van der Waals surface area contributed by atoms with E-state index in [9.17, 15) is 10.1 Å². The fraction of sp³-hybridized carbons (Fsp3) is 0.500. The predicted octanol–water partition coefficient (Wildman–Crippen LogP) is 2.53. The largest absolute Gasteiger partial charge is 0.461 e. The number of aliphatic imine (C=N–C) groups is 1. The van der Waals surface area contributed by atoms with Gasteiger partial charge in [0.15, 0.2) is 11.4 Å². The molecule has 30 heavy (non-hydrogen) atoms. The maximum absolute atomic E-state index is 12.9. The van der Waals surface area contributed by atoms with Crippen LogP contribution in [0.5, 0.6) is 0 Å². The van der Waals surface area contributed by atoms with Crippen LogP contribution in [0.3, 0.4) is 0 Å². The number of nitriles is 1. The van der Waals surface area contributed by atoms with Gasteiger partial charge in [0.25, 0.3) is 0 Å². The Hall–Kier alpha value is -3.05. The molecule has 2 heterocycles. The number of anilines is 2. The number of hydrogen-bond acceptors (Lipinski definition) is 8. The van der Waals surface area contributed by atoms with Gasteiger partial charge in [-0.3, -0.25) is 0 Å². The third kappa shape index (κ3) is 4.41. The Morgan fingerprint density at radius 1 is 1.27 bits per heavy atom. The lowest BCUT2D eigenvalue weighted by molar-refractivity contribution is -0.140. The number of nitrogens with one attached hydrogen (secondary N) is 2. The first kappa shape index (κ1) is 20.2. The average molecular weight is 409 g/mol. The molecule has 2 fully saturated rings. The predicted molar refractivity (Wildman–Crippen MR) is 116 cm³/mol. The molecule has 0 unspecified atom stereocenters. The van der Waals surface area contributed by atoms with E-state index in [1.807, 2.05) is 6.07 Å². The molecule has 1 saturated heterocycles. The first-order chi connectivity index (χ1) is 14.7. The summed E-state index contributed by atoms with van der Waals surface area (Å²) in [6, 6.07) is 7.43. The van der Waals surface area contributed by atoms with Crippen LogP contribution >= 0.6 is 0 Å². The first-order valence-electron chi connectivity index (χ1n) is 10.7. The number of carbonyl (C=O) groups excluding carboxylic acids is 1. The van der Waals surface area contributed by atoms with E-state index in [2.05, 4.69) is 21.6 Å². The molecule has 1 aromatic carbocycles. The van der Waals surface area contributed by atoms with Gasteiger partial charge in [0.1, 0.15) is 11.8 Å². The average Bonchev–Trinajstić information content (AvgIpc) is 2.79. The number of benzene rings is 1. The van der Waals surface area contributed by atoms with Crippen molar-refractivity contribution in [3.63, 3.8) is 0 Å². The van der Waals surface area contributed by atoms with Crippen LogP contribution in [0.2, 0.25) is 0 Å². The highest BCUT2D eigenvalue weighted by Crippen LogP contribution is 2.34. The number of nitrogen functional groups attached to an aromatic ring is 1. The summed E-state index contributed by atoms with van der Waals surface area (Å²) < 4.78 is 5.57. The molecule has 1 saturated carbocycles. The van der Waals surface area contributed by atoms with Crippen molar-refractivity contribution in [3.05, 3.63) is 29.5 Å². The molecule has 4 N–H and O–H groups in total. The number of esters is 1. The summed E-state index contributed by atoms with van der Waals surface area (Å²) in [5, 5.41) is 16.4. The molecular weight excluding hydrogens is 380 g/mol. The van der Waals surface area contributed by atoms with Crippen LogP contribution in [0.15, 0.2) is 34.5 Å². The molecule has 0 spiro atoms. The zero-order valence-electron chi connectivity index (χ0n) is 17.1. The second-order valence-electron chi connectivity index (χ2n) is 8.04. The topological polar surface area (TPSA) is 116 Å². The van der Waals surface area contributed by atoms with Crippen molar-refractivity contribution in [1.82, 2.24) is 10.2 Å². The van der Waals surface area contributed by atoms with Crippen LogP contribution in [0.25, 0.3) is 0 Å². The van der Waals surface area contributed by atoms with Crippen molar-refractivity contribution in [3.8, 4) is 6.07 Å². The highest BCUT2D eigenvalue weighted by molar-refractivity contribution is 6.12. The van der Waals surface area contributed by atoms with E-state index in [1.54, 1.807) is 12.1 Å². The van der Waals surface area contributed by atoms with Gasteiger partial charge in [0.05, 0.1) is 18.0 Å². The Labute approximate surface area is 176 Å². The van der Waals surface area contributed by atoms with Gasteiger partial charge in [-0.2, -0.15) is 5.26 Å². The fourth-order valence-electron chi connectivity index (χ4n) is 4.21. The van der Waals surface area contributed by atoms with Crippen LogP contribution in [0.1, 0.15) is 32.1 Å². The molecule has 1 aliphatic carbocycles. The Balaban J connectivity index is 1.63. The van der Waals surface area contributed by atoms with Gasteiger partial charge < -0.3 is 26.0 Å². The summed E-state index contributed by atoms with van der Waals surface area (Å²) in [4.78, 5) is 19.7. The molecular formula is C22H28N6O2. The molecule has 2 aliphatic heterocycles. The van der Waals surface area contributed by atoms with E-state index in [4.69, 9.17) is 15.5 Å². The second kappa shape index (κ2) is 9.18. The van der Waals surface area contributed by atoms with Crippen molar-refractivity contribution in [2.75, 3.05) is 43.8 Å². The fourth-order valence-corrected chi connectivity index (χ4v) is 4.21. The van der Waals surface area contributed by atoms with Gasteiger partial charge in [-0.25, -0.2) is 9.79 Å². The lowest BCUT2D eigenvalue weighted by Gasteiger charge is -2.34. The van der Waals surface area contributed by atoms with Crippen molar-refractivity contribution in [2.24, 2.45) is 10.9 Å². The third-order valence-corrected chi connectivity index (χ3v) is 5.89.